The minimum Gasteiger partial charge on any atom is -0.495 e. The zero-order chi connectivity index (χ0) is 28.6. The fourth-order valence-electron chi connectivity index (χ4n) is 5.63. The van der Waals surface area contributed by atoms with E-state index in [0.717, 1.165) is 49.7 Å². The Morgan fingerprint density at radius 3 is 2.50 bits per heavy atom. The van der Waals surface area contributed by atoms with Crippen LogP contribution in [0.2, 0.25) is 0 Å². The normalized spacial score (nSPS) is 20.3. The van der Waals surface area contributed by atoms with E-state index in [9.17, 15) is 18.4 Å². The van der Waals surface area contributed by atoms with Crippen molar-refractivity contribution in [3.05, 3.63) is 29.7 Å². The van der Waals surface area contributed by atoms with Crippen molar-refractivity contribution in [2.75, 3.05) is 56.0 Å². The molecule has 2 aliphatic heterocycles. The number of carbonyl (C=O) groups excluding carboxylic acids is 2. The van der Waals surface area contributed by atoms with Crippen LogP contribution in [0, 0.1) is 5.82 Å². The van der Waals surface area contributed by atoms with Gasteiger partial charge in [0.15, 0.2) is 5.82 Å². The highest BCUT2D eigenvalue weighted by molar-refractivity contribution is 6.02. The highest BCUT2D eigenvalue weighted by Gasteiger charge is 2.48. The Labute approximate surface area is 230 Å². The second-order valence-electron chi connectivity index (χ2n) is 10.7. The van der Waals surface area contributed by atoms with E-state index >= 15 is 4.39 Å². The highest BCUT2D eigenvalue weighted by Crippen LogP contribution is 2.40. The third-order valence-electron chi connectivity index (χ3n) is 7.97. The summed E-state index contributed by atoms with van der Waals surface area (Å²) >= 11 is 0. The number of likely N-dealkylation sites (tertiary alicyclic amines) is 1. The van der Waals surface area contributed by atoms with Crippen LogP contribution in [0.3, 0.4) is 0 Å². The quantitative estimate of drug-likeness (QED) is 0.552. The van der Waals surface area contributed by atoms with Crippen molar-refractivity contribution in [3.63, 3.8) is 0 Å². The fraction of sp³-hybridized carbons (Fsp3) is 0.556. The minimum absolute atomic E-state index is 0.00837. The molecule has 5 rings (SSSR count). The molecule has 0 radical (unpaired) electrons. The summed E-state index contributed by atoms with van der Waals surface area (Å²) in [6, 6.07) is 2.19. The number of carbonyl (C=O) groups is 2. The molecule has 216 valence electrons. The van der Waals surface area contributed by atoms with Crippen molar-refractivity contribution in [2.45, 2.75) is 56.5 Å². The van der Waals surface area contributed by atoms with Gasteiger partial charge in [0.25, 0.3) is 11.8 Å². The zero-order valence-corrected chi connectivity index (χ0v) is 22.8. The van der Waals surface area contributed by atoms with Crippen LogP contribution in [0.15, 0.2) is 18.3 Å². The molecule has 0 bridgehead atoms. The number of benzene rings is 1. The first-order valence-corrected chi connectivity index (χ1v) is 13.5. The summed E-state index contributed by atoms with van der Waals surface area (Å²) in [6.07, 6.45) is 6.08. The van der Waals surface area contributed by atoms with Crippen LogP contribution in [-0.2, 0) is 4.79 Å². The van der Waals surface area contributed by atoms with Crippen molar-refractivity contribution in [2.24, 2.45) is 0 Å². The molecule has 1 aliphatic carbocycles. The molecule has 2 aromatic rings. The molecule has 10 nitrogen and oxygen atoms in total. The maximum atomic E-state index is 15.2. The smallest absolute Gasteiger partial charge is 0.342 e. The molecule has 2 amide bonds. The average Bonchev–Trinajstić information content (AvgIpc) is 3.45. The molecule has 1 aromatic carbocycles. The molecule has 13 heteroatoms. The van der Waals surface area contributed by atoms with Crippen LogP contribution in [0.25, 0.3) is 0 Å². The Kier molecular flexibility index (Phi) is 7.76. The Morgan fingerprint density at radius 2 is 1.82 bits per heavy atom. The molecule has 2 N–H and O–H groups in total. The van der Waals surface area contributed by atoms with Crippen molar-refractivity contribution < 1.29 is 27.5 Å². The van der Waals surface area contributed by atoms with E-state index in [-0.39, 0.29) is 46.5 Å². The first kappa shape index (κ1) is 27.9. The fourth-order valence-corrected chi connectivity index (χ4v) is 5.63. The number of nitrogens with one attached hydrogen (secondary N) is 2. The molecule has 0 unspecified atom stereocenters. The summed E-state index contributed by atoms with van der Waals surface area (Å²) in [4.78, 5) is 38.6. The molecule has 2 fully saturated rings. The molecule has 1 saturated heterocycles. The number of piperidine rings is 1. The molecule has 0 spiro atoms. The van der Waals surface area contributed by atoms with E-state index in [0.29, 0.717) is 12.8 Å². The molecule has 3 aliphatic rings. The number of alkyl halides is 2. The number of hydrogen-bond donors (Lipinski definition) is 2. The predicted molar refractivity (Wildman–Crippen MR) is 144 cm³/mol. The molecule has 1 saturated carbocycles. The topological polar surface area (TPSA) is 103 Å². The standard InChI is InChI=1S/C27H34F3N7O3/c1-35-10-8-16(9-11-35)32-24(38)18-12-22(40-3)20(13-19(18)28)33-26-31-14-21-23(34-26)37(17-6-4-5-7-17)15-27(29,30)25(39)36(21)2/h12-14,16-17H,4-11,15H2,1-3H3,(H,32,38)(H,31,33,34). The third-order valence-corrected chi connectivity index (χ3v) is 7.97. The number of anilines is 4. The van der Waals surface area contributed by atoms with Crippen LogP contribution in [-0.4, -0.2) is 85.5 Å². The van der Waals surface area contributed by atoms with Gasteiger partial charge in [-0.25, -0.2) is 9.37 Å². The summed E-state index contributed by atoms with van der Waals surface area (Å²) in [7, 11) is 4.68. The van der Waals surface area contributed by atoms with Gasteiger partial charge in [0, 0.05) is 25.2 Å². The van der Waals surface area contributed by atoms with Crippen molar-refractivity contribution in [3.8, 4) is 5.75 Å². The van der Waals surface area contributed by atoms with E-state index in [1.807, 2.05) is 7.05 Å². The van der Waals surface area contributed by atoms with E-state index in [1.54, 1.807) is 0 Å². The number of methoxy groups -OCH3 is 1. The van der Waals surface area contributed by atoms with Crippen LogP contribution >= 0.6 is 0 Å². The van der Waals surface area contributed by atoms with Gasteiger partial charge in [-0.15, -0.1) is 0 Å². The first-order chi connectivity index (χ1) is 19.1. The van der Waals surface area contributed by atoms with Gasteiger partial charge >= 0.3 is 5.92 Å². The number of rotatable bonds is 6. The molecule has 40 heavy (non-hydrogen) atoms. The Hall–Kier alpha value is -3.61. The first-order valence-electron chi connectivity index (χ1n) is 13.5. The number of aromatic nitrogens is 2. The van der Waals surface area contributed by atoms with Gasteiger partial charge in [0.2, 0.25) is 5.95 Å². The SMILES string of the molecule is COc1cc(C(=O)NC2CCN(C)CC2)c(F)cc1Nc1ncc2c(n1)N(C1CCCC1)CC(F)(F)C(=O)N2C. The summed E-state index contributed by atoms with van der Waals surface area (Å²) in [5, 5.41) is 5.80. The molecular weight excluding hydrogens is 527 g/mol. The maximum Gasteiger partial charge on any atom is 0.342 e. The van der Waals surface area contributed by atoms with Gasteiger partial charge in [-0.05, 0) is 51.9 Å². The Balaban J connectivity index is 1.42. The molecular formula is C27H34F3N7O3. The van der Waals surface area contributed by atoms with Gasteiger partial charge in [0.05, 0.1) is 31.1 Å². The number of halogens is 3. The number of fused-ring (bicyclic) bond motifs is 1. The predicted octanol–water partition coefficient (Wildman–Crippen LogP) is 3.55. The monoisotopic (exact) mass is 561 g/mol. The number of hydrogen-bond acceptors (Lipinski definition) is 8. The van der Waals surface area contributed by atoms with E-state index in [1.165, 1.54) is 31.3 Å². The van der Waals surface area contributed by atoms with Crippen LogP contribution < -0.4 is 25.2 Å². The minimum atomic E-state index is -3.60. The third kappa shape index (κ3) is 5.51. The van der Waals surface area contributed by atoms with E-state index in [4.69, 9.17) is 4.74 Å². The summed E-state index contributed by atoms with van der Waals surface area (Å²) < 4.78 is 50.3. The second kappa shape index (κ2) is 11.1. The summed E-state index contributed by atoms with van der Waals surface area (Å²) in [5.74, 6) is -5.82. The van der Waals surface area contributed by atoms with Gasteiger partial charge < -0.3 is 30.1 Å². The lowest BCUT2D eigenvalue weighted by atomic mass is 10.0. The largest absolute Gasteiger partial charge is 0.495 e. The zero-order valence-electron chi connectivity index (χ0n) is 22.8. The number of amides is 2. The molecule has 1 aromatic heterocycles. The Morgan fingerprint density at radius 1 is 1.12 bits per heavy atom. The average molecular weight is 562 g/mol. The highest BCUT2D eigenvalue weighted by atomic mass is 19.3. The van der Waals surface area contributed by atoms with Crippen molar-refractivity contribution >= 4 is 35.0 Å². The number of nitrogens with zero attached hydrogens (tertiary/aromatic N) is 5. The van der Waals surface area contributed by atoms with Gasteiger partial charge in [-0.3, -0.25) is 9.59 Å². The van der Waals surface area contributed by atoms with Crippen LogP contribution in [0.1, 0.15) is 48.9 Å². The van der Waals surface area contributed by atoms with Gasteiger partial charge in [0.1, 0.15) is 17.3 Å². The van der Waals surface area contributed by atoms with Gasteiger partial charge in [-0.1, -0.05) is 12.8 Å². The van der Waals surface area contributed by atoms with E-state index in [2.05, 4.69) is 25.5 Å². The number of ether oxygens (including phenoxy) is 1. The maximum absolute atomic E-state index is 15.2. The second-order valence-corrected chi connectivity index (χ2v) is 10.7. The van der Waals surface area contributed by atoms with Crippen LogP contribution in [0.4, 0.5) is 36.3 Å². The Bertz CT molecular complexity index is 1280. The van der Waals surface area contributed by atoms with Crippen LogP contribution in [0.5, 0.6) is 5.75 Å². The summed E-state index contributed by atoms with van der Waals surface area (Å²) in [6.45, 7) is 0.906. The van der Waals surface area contributed by atoms with E-state index < -0.39 is 30.1 Å². The summed E-state index contributed by atoms with van der Waals surface area (Å²) in [5.41, 5.74) is 0.171. The molecule has 3 heterocycles. The van der Waals surface area contributed by atoms with Crippen molar-refractivity contribution in [1.82, 2.24) is 20.2 Å². The van der Waals surface area contributed by atoms with Crippen molar-refractivity contribution in [1.29, 1.82) is 0 Å². The van der Waals surface area contributed by atoms with Gasteiger partial charge in [-0.2, -0.15) is 13.8 Å². The lowest BCUT2D eigenvalue weighted by Crippen LogP contribution is -2.48. The molecule has 0 atom stereocenters. The lowest BCUT2D eigenvalue weighted by Gasteiger charge is -2.31. The lowest BCUT2D eigenvalue weighted by molar-refractivity contribution is -0.140.